The van der Waals surface area contributed by atoms with Crippen molar-refractivity contribution >= 4 is 17.5 Å². The average molecular weight is 353 g/mol. The minimum atomic E-state index is -4.58. The van der Waals surface area contributed by atoms with Crippen LogP contribution < -0.4 is 4.90 Å². The van der Waals surface area contributed by atoms with Gasteiger partial charge in [-0.25, -0.2) is 4.90 Å². The number of aliphatic hydroxyl groups is 1. The Morgan fingerprint density at radius 2 is 1.88 bits per heavy atom. The number of hydrogen-bond acceptors (Lipinski definition) is 4. The number of aliphatic hydroxyl groups excluding tert-OH is 1. The van der Waals surface area contributed by atoms with Crippen molar-refractivity contribution in [3.8, 4) is 0 Å². The molecule has 5 nitrogen and oxygen atoms in total. The molecular formula is C17H14F3NO4. The first-order chi connectivity index (χ1) is 11.6. The topological polar surface area (TPSA) is 66.8 Å². The summed E-state index contributed by atoms with van der Waals surface area (Å²) < 4.78 is 44.6. The van der Waals surface area contributed by atoms with Crippen LogP contribution in [0.25, 0.3) is 0 Å². The van der Waals surface area contributed by atoms with Gasteiger partial charge in [-0.15, -0.1) is 0 Å². The van der Waals surface area contributed by atoms with Crippen molar-refractivity contribution in [3.05, 3.63) is 42.0 Å². The Labute approximate surface area is 140 Å². The third kappa shape index (κ3) is 1.98. The maximum Gasteiger partial charge on any atom is 0.416 e. The lowest BCUT2D eigenvalue weighted by atomic mass is 9.73. The lowest BCUT2D eigenvalue weighted by molar-refractivity contribution is -0.138. The van der Waals surface area contributed by atoms with Crippen LogP contribution in [0.5, 0.6) is 0 Å². The number of carbonyl (C=O) groups excluding carboxylic acids is 2. The van der Waals surface area contributed by atoms with E-state index in [1.807, 2.05) is 0 Å². The monoisotopic (exact) mass is 353 g/mol. The van der Waals surface area contributed by atoms with Gasteiger partial charge in [0.25, 0.3) is 0 Å². The van der Waals surface area contributed by atoms with Gasteiger partial charge in [-0.3, -0.25) is 9.59 Å². The summed E-state index contributed by atoms with van der Waals surface area (Å²) in [5.74, 6) is -3.09. The summed E-state index contributed by atoms with van der Waals surface area (Å²) in [5, 5.41) is 9.71. The van der Waals surface area contributed by atoms with E-state index < -0.39 is 53.2 Å². The van der Waals surface area contributed by atoms with E-state index >= 15 is 0 Å². The van der Waals surface area contributed by atoms with Gasteiger partial charge in [-0.1, -0.05) is 18.2 Å². The van der Waals surface area contributed by atoms with E-state index in [4.69, 9.17) is 4.74 Å². The SMILES string of the molecule is CC12C=CC(CO)(O1)C1C(=O)N(c3cccc(C(F)(F)F)c3)C(=O)C12. The predicted octanol–water partition coefficient (Wildman–Crippen LogP) is 1.90. The molecule has 3 aliphatic rings. The fraction of sp³-hybridized carbons (Fsp3) is 0.412. The van der Waals surface area contributed by atoms with Crippen molar-refractivity contribution in [2.75, 3.05) is 11.5 Å². The van der Waals surface area contributed by atoms with E-state index in [2.05, 4.69) is 0 Å². The van der Waals surface area contributed by atoms with E-state index in [0.29, 0.717) is 0 Å². The Kier molecular flexibility index (Phi) is 3.06. The molecule has 132 valence electrons. The van der Waals surface area contributed by atoms with Crippen LogP contribution in [-0.2, 0) is 20.5 Å². The second-order valence-corrected chi connectivity index (χ2v) is 6.75. The highest BCUT2D eigenvalue weighted by Gasteiger charge is 2.72. The fourth-order valence-corrected chi connectivity index (χ4v) is 4.12. The molecule has 4 rings (SSSR count). The zero-order valence-corrected chi connectivity index (χ0v) is 13.1. The predicted molar refractivity (Wildman–Crippen MR) is 79.4 cm³/mol. The smallest absolute Gasteiger partial charge is 0.393 e. The van der Waals surface area contributed by atoms with E-state index in [9.17, 15) is 27.9 Å². The molecule has 2 amide bonds. The van der Waals surface area contributed by atoms with Crippen LogP contribution in [-0.4, -0.2) is 34.7 Å². The highest BCUT2D eigenvalue weighted by atomic mass is 19.4. The van der Waals surface area contributed by atoms with Gasteiger partial charge in [0.15, 0.2) is 0 Å². The number of alkyl halides is 3. The number of benzene rings is 1. The minimum absolute atomic E-state index is 0.129. The molecule has 4 atom stereocenters. The number of rotatable bonds is 2. The van der Waals surface area contributed by atoms with Crippen LogP contribution in [0.4, 0.5) is 18.9 Å². The molecule has 1 aromatic rings. The summed E-state index contributed by atoms with van der Waals surface area (Å²) in [6.45, 7) is 1.14. The van der Waals surface area contributed by atoms with E-state index in [1.54, 1.807) is 19.1 Å². The van der Waals surface area contributed by atoms with Crippen molar-refractivity contribution < 1.29 is 32.6 Å². The van der Waals surface area contributed by atoms with Gasteiger partial charge in [-0.2, -0.15) is 13.2 Å². The van der Waals surface area contributed by atoms with Gasteiger partial charge in [0.05, 0.1) is 35.3 Å². The standard InChI is InChI=1S/C17H14F3NO4/c1-15-5-6-16(8-22,25-15)12-11(15)13(23)21(14(12)24)10-4-2-3-9(7-10)17(18,19)20/h2-7,11-12,22H,8H2,1H3. The molecule has 0 aliphatic carbocycles. The Morgan fingerprint density at radius 1 is 1.20 bits per heavy atom. The molecule has 3 aliphatic heterocycles. The van der Waals surface area contributed by atoms with E-state index in [-0.39, 0.29) is 5.69 Å². The number of amides is 2. The van der Waals surface area contributed by atoms with E-state index in [0.717, 1.165) is 23.1 Å². The number of carbonyl (C=O) groups is 2. The number of nitrogens with zero attached hydrogens (tertiary/aromatic N) is 1. The summed E-state index contributed by atoms with van der Waals surface area (Å²) >= 11 is 0. The summed E-state index contributed by atoms with van der Waals surface area (Å²) in [7, 11) is 0. The minimum Gasteiger partial charge on any atom is -0.393 e. The molecule has 2 fully saturated rings. The van der Waals surface area contributed by atoms with Gasteiger partial charge in [0, 0.05) is 0 Å². The van der Waals surface area contributed by atoms with Crippen LogP contribution in [0.1, 0.15) is 12.5 Å². The lowest BCUT2D eigenvalue weighted by Crippen LogP contribution is -2.43. The largest absolute Gasteiger partial charge is 0.416 e. The van der Waals surface area contributed by atoms with Gasteiger partial charge in [0.2, 0.25) is 11.8 Å². The Bertz CT molecular complexity index is 820. The van der Waals surface area contributed by atoms with Crippen molar-refractivity contribution in [2.45, 2.75) is 24.3 Å². The molecule has 0 spiro atoms. The number of halogens is 3. The van der Waals surface area contributed by atoms with Crippen LogP contribution in [0.15, 0.2) is 36.4 Å². The van der Waals surface area contributed by atoms with Crippen LogP contribution in [0, 0.1) is 11.8 Å². The van der Waals surface area contributed by atoms with Crippen molar-refractivity contribution in [3.63, 3.8) is 0 Å². The van der Waals surface area contributed by atoms with Crippen LogP contribution in [0.3, 0.4) is 0 Å². The molecule has 0 radical (unpaired) electrons. The summed E-state index contributed by atoms with van der Waals surface area (Å²) in [4.78, 5) is 26.5. The molecule has 8 heteroatoms. The highest BCUT2D eigenvalue weighted by Crippen LogP contribution is 2.57. The van der Waals surface area contributed by atoms with Gasteiger partial charge >= 0.3 is 6.18 Å². The van der Waals surface area contributed by atoms with Crippen LogP contribution in [0.2, 0.25) is 0 Å². The first kappa shape index (κ1) is 16.3. The lowest BCUT2D eigenvalue weighted by Gasteiger charge is -2.27. The molecule has 25 heavy (non-hydrogen) atoms. The first-order valence-corrected chi connectivity index (χ1v) is 7.69. The zero-order valence-electron chi connectivity index (χ0n) is 13.1. The summed E-state index contributed by atoms with van der Waals surface area (Å²) in [5.41, 5.74) is -3.43. The number of ether oxygens (including phenoxy) is 1. The van der Waals surface area contributed by atoms with Crippen LogP contribution >= 0.6 is 0 Å². The number of fused-ring (bicyclic) bond motifs is 5. The maximum atomic E-state index is 12.9. The summed E-state index contributed by atoms with van der Waals surface area (Å²) in [6, 6.07) is 4.09. The van der Waals surface area contributed by atoms with Crippen molar-refractivity contribution in [1.29, 1.82) is 0 Å². The average Bonchev–Trinajstić information content (AvgIpc) is 3.13. The normalized spacial score (nSPS) is 36.4. The zero-order chi connectivity index (χ0) is 18.2. The summed E-state index contributed by atoms with van der Waals surface area (Å²) in [6.07, 6.45) is -1.39. The van der Waals surface area contributed by atoms with Gasteiger partial charge < -0.3 is 9.84 Å². The number of hydrogen-bond donors (Lipinski definition) is 1. The Hall–Kier alpha value is -2.19. The van der Waals surface area contributed by atoms with Crippen molar-refractivity contribution in [1.82, 2.24) is 0 Å². The quantitative estimate of drug-likeness (QED) is 0.651. The molecule has 4 unspecified atom stereocenters. The number of imide groups is 1. The fourth-order valence-electron chi connectivity index (χ4n) is 4.12. The van der Waals surface area contributed by atoms with Gasteiger partial charge in [0.1, 0.15) is 5.60 Å². The molecule has 1 aromatic carbocycles. The second-order valence-electron chi connectivity index (χ2n) is 6.75. The maximum absolute atomic E-state index is 12.9. The second kappa shape index (κ2) is 4.70. The Balaban J connectivity index is 1.78. The molecule has 2 bridgehead atoms. The van der Waals surface area contributed by atoms with Crippen molar-refractivity contribution in [2.24, 2.45) is 11.8 Å². The van der Waals surface area contributed by atoms with E-state index in [1.165, 1.54) is 6.07 Å². The molecule has 3 heterocycles. The van der Waals surface area contributed by atoms with Gasteiger partial charge in [-0.05, 0) is 25.1 Å². The molecular weight excluding hydrogens is 339 g/mol. The first-order valence-electron chi connectivity index (χ1n) is 7.69. The number of anilines is 1. The molecule has 1 N–H and O–H groups in total. The molecule has 0 saturated carbocycles. The molecule has 0 aromatic heterocycles. The molecule has 2 saturated heterocycles. The third-order valence-electron chi connectivity index (χ3n) is 5.24. The highest BCUT2D eigenvalue weighted by molar-refractivity contribution is 6.23. The third-order valence-corrected chi connectivity index (χ3v) is 5.24. The Morgan fingerprint density at radius 3 is 2.52 bits per heavy atom.